The molecule has 1 saturated carbocycles. The molecule has 0 spiro atoms. The van der Waals surface area contributed by atoms with E-state index in [4.69, 9.17) is 0 Å². The van der Waals surface area contributed by atoms with E-state index in [2.05, 4.69) is 27.6 Å². The molecule has 0 unspecified atom stereocenters. The van der Waals surface area contributed by atoms with Crippen LogP contribution in [-0.4, -0.2) is 26.7 Å². The van der Waals surface area contributed by atoms with E-state index in [-0.39, 0.29) is 12.5 Å². The Kier molecular flexibility index (Phi) is 4.19. The van der Waals surface area contributed by atoms with E-state index in [0.29, 0.717) is 6.04 Å². The van der Waals surface area contributed by atoms with Gasteiger partial charge in [0.1, 0.15) is 6.54 Å². The summed E-state index contributed by atoms with van der Waals surface area (Å²) in [4.78, 5) is 17.2. The second-order valence-electron chi connectivity index (χ2n) is 5.20. The first-order chi connectivity index (χ1) is 10.2. The Hall–Kier alpha value is -1.89. The SMILES string of the molecule is CCc1ncc(CNc2cnn(CC(=O)NC3CC3)c2)s1. The van der Waals surface area contributed by atoms with Gasteiger partial charge >= 0.3 is 0 Å². The maximum absolute atomic E-state index is 11.7. The van der Waals surface area contributed by atoms with Gasteiger partial charge in [0.25, 0.3) is 0 Å². The maximum Gasteiger partial charge on any atom is 0.241 e. The monoisotopic (exact) mass is 305 g/mol. The zero-order valence-electron chi connectivity index (χ0n) is 12.0. The number of carbonyl (C=O) groups is 1. The highest BCUT2D eigenvalue weighted by Gasteiger charge is 2.23. The van der Waals surface area contributed by atoms with E-state index in [1.807, 2.05) is 12.4 Å². The molecule has 0 aliphatic heterocycles. The van der Waals surface area contributed by atoms with Gasteiger partial charge in [-0.1, -0.05) is 6.92 Å². The number of carbonyl (C=O) groups excluding carboxylic acids is 1. The number of nitrogens with one attached hydrogen (secondary N) is 2. The van der Waals surface area contributed by atoms with Gasteiger partial charge in [0.05, 0.1) is 23.4 Å². The summed E-state index contributed by atoms with van der Waals surface area (Å²) < 4.78 is 1.66. The summed E-state index contributed by atoms with van der Waals surface area (Å²) in [5.41, 5.74) is 0.917. The van der Waals surface area contributed by atoms with E-state index in [0.717, 1.165) is 36.5 Å². The molecule has 0 atom stereocenters. The summed E-state index contributed by atoms with van der Waals surface area (Å²) >= 11 is 1.72. The predicted molar refractivity (Wildman–Crippen MR) is 82.2 cm³/mol. The minimum Gasteiger partial charge on any atom is -0.378 e. The standard InChI is InChI=1S/C14H19N5OS/c1-2-14-16-7-12(21-14)6-15-11-5-17-19(8-11)9-13(20)18-10-3-4-10/h5,7-8,10,15H,2-4,6,9H2,1H3,(H,18,20). The molecule has 0 saturated heterocycles. The van der Waals surface area contributed by atoms with Gasteiger partial charge in [-0.2, -0.15) is 5.10 Å². The predicted octanol–water partition coefficient (Wildman–Crippen LogP) is 1.79. The van der Waals surface area contributed by atoms with E-state index in [1.54, 1.807) is 22.2 Å². The van der Waals surface area contributed by atoms with Crippen molar-refractivity contribution in [2.45, 2.75) is 45.3 Å². The molecule has 2 aromatic rings. The average Bonchev–Trinajstić information content (AvgIpc) is 3.00. The third kappa shape index (κ3) is 4.04. The van der Waals surface area contributed by atoms with E-state index < -0.39 is 0 Å². The van der Waals surface area contributed by atoms with Gasteiger partial charge in [-0.05, 0) is 19.3 Å². The molecule has 7 heteroatoms. The molecule has 2 N–H and O–H groups in total. The summed E-state index contributed by atoms with van der Waals surface area (Å²) in [5.74, 6) is 0.0298. The molecule has 1 aliphatic rings. The molecule has 2 aromatic heterocycles. The number of anilines is 1. The number of amides is 1. The molecule has 1 amide bonds. The summed E-state index contributed by atoms with van der Waals surface area (Å²) in [6.45, 7) is 3.11. The van der Waals surface area contributed by atoms with Crippen LogP contribution in [0.2, 0.25) is 0 Å². The van der Waals surface area contributed by atoms with Crippen molar-refractivity contribution in [3.05, 3.63) is 28.5 Å². The number of aryl methyl sites for hydroxylation is 1. The molecular weight excluding hydrogens is 286 g/mol. The van der Waals surface area contributed by atoms with Crippen LogP contribution in [0.25, 0.3) is 0 Å². The van der Waals surface area contributed by atoms with Crippen LogP contribution in [0.4, 0.5) is 5.69 Å². The lowest BCUT2D eigenvalue weighted by atomic mass is 10.5. The van der Waals surface area contributed by atoms with Gasteiger partial charge in [0.15, 0.2) is 0 Å². The Bertz CT molecular complexity index is 616. The average molecular weight is 305 g/mol. The Morgan fingerprint density at radius 1 is 1.48 bits per heavy atom. The number of nitrogens with zero attached hydrogens (tertiary/aromatic N) is 3. The van der Waals surface area contributed by atoms with Crippen molar-refractivity contribution in [2.24, 2.45) is 0 Å². The fourth-order valence-electron chi connectivity index (χ4n) is 1.97. The summed E-state index contributed by atoms with van der Waals surface area (Å²) in [6.07, 6.45) is 8.68. The molecule has 0 bridgehead atoms. The summed E-state index contributed by atoms with van der Waals surface area (Å²) in [6, 6.07) is 0.393. The third-order valence-electron chi connectivity index (χ3n) is 3.25. The molecule has 112 valence electrons. The topological polar surface area (TPSA) is 71.8 Å². The van der Waals surface area contributed by atoms with Crippen molar-refractivity contribution in [1.29, 1.82) is 0 Å². The van der Waals surface area contributed by atoms with Crippen LogP contribution in [0, 0.1) is 0 Å². The van der Waals surface area contributed by atoms with Crippen LogP contribution < -0.4 is 10.6 Å². The van der Waals surface area contributed by atoms with Crippen LogP contribution in [-0.2, 0) is 24.3 Å². The van der Waals surface area contributed by atoms with Crippen molar-refractivity contribution in [3.8, 4) is 0 Å². The Labute approximate surface area is 127 Å². The molecule has 6 nitrogen and oxygen atoms in total. The third-order valence-corrected chi connectivity index (χ3v) is 4.39. The lowest BCUT2D eigenvalue weighted by Crippen LogP contribution is -2.29. The second-order valence-corrected chi connectivity index (χ2v) is 6.40. The smallest absolute Gasteiger partial charge is 0.241 e. The number of hydrogen-bond donors (Lipinski definition) is 2. The van der Waals surface area contributed by atoms with Gasteiger partial charge in [0, 0.05) is 23.3 Å². The quantitative estimate of drug-likeness (QED) is 0.818. The van der Waals surface area contributed by atoms with Gasteiger partial charge in [0.2, 0.25) is 5.91 Å². The van der Waals surface area contributed by atoms with Crippen LogP contribution in [0.5, 0.6) is 0 Å². The lowest BCUT2D eigenvalue weighted by molar-refractivity contribution is -0.122. The van der Waals surface area contributed by atoms with Gasteiger partial charge < -0.3 is 10.6 Å². The molecule has 0 aromatic carbocycles. The normalized spacial score (nSPS) is 14.1. The zero-order valence-corrected chi connectivity index (χ0v) is 12.8. The van der Waals surface area contributed by atoms with Crippen molar-refractivity contribution in [2.75, 3.05) is 5.32 Å². The summed E-state index contributed by atoms with van der Waals surface area (Å²) in [5, 5.41) is 11.6. The fraction of sp³-hybridized carbons (Fsp3) is 0.500. The van der Waals surface area contributed by atoms with E-state index >= 15 is 0 Å². The van der Waals surface area contributed by atoms with E-state index in [9.17, 15) is 4.79 Å². The Balaban J connectivity index is 1.48. The first kappa shape index (κ1) is 14.1. The molecule has 0 radical (unpaired) electrons. The number of rotatable bonds is 7. The van der Waals surface area contributed by atoms with Gasteiger partial charge in [-0.25, -0.2) is 4.98 Å². The maximum atomic E-state index is 11.7. The molecule has 1 fully saturated rings. The number of thiazole rings is 1. The highest BCUT2D eigenvalue weighted by atomic mass is 32.1. The molecular formula is C14H19N5OS. The molecule has 21 heavy (non-hydrogen) atoms. The number of aromatic nitrogens is 3. The second kappa shape index (κ2) is 6.26. The highest BCUT2D eigenvalue weighted by molar-refractivity contribution is 7.11. The molecule has 3 rings (SSSR count). The highest BCUT2D eigenvalue weighted by Crippen LogP contribution is 2.18. The first-order valence-corrected chi connectivity index (χ1v) is 8.04. The van der Waals surface area contributed by atoms with Crippen LogP contribution in [0.3, 0.4) is 0 Å². The molecule has 1 aliphatic carbocycles. The minimum absolute atomic E-state index is 0.0298. The van der Waals surface area contributed by atoms with Crippen LogP contribution in [0.1, 0.15) is 29.7 Å². The summed E-state index contributed by atoms with van der Waals surface area (Å²) in [7, 11) is 0. The van der Waals surface area contributed by atoms with Crippen molar-refractivity contribution in [3.63, 3.8) is 0 Å². The van der Waals surface area contributed by atoms with Crippen molar-refractivity contribution >= 4 is 22.9 Å². The minimum atomic E-state index is 0.0298. The van der Waals surface area contributed by atoms with Crippen molar-refractivity contribution < 1.29 is 4.79 Å². The first-order valence-electron chi connectivity index (χ1n) is 7.22. The largest absolute Gasteiger partial charge is 0.378 e. The van der Waals surface area contributed by atoms with Crippen molar-refractivity contribution in [1.82, 2.24) is 20.1 Å². The van der Waals surface area contributed by atoms with Gasteiger partial charge in [-0.15, -0.1) is 11.3 Å². The zero-order chi connectivity index (χ0) is 14.7. The fourth-order valence-corrected chi connectivity index (χ4v) is 2.77. The van der Waals surface area contributed by atoms with E-state index in [1.165, 1.54) is 4.88 Å². The Morgan fingerprint density at radius 3 is 3.05 bits per heavy atom. The lowest BCUT2D eigenvalue weighted by Gasteiger charge is -2.03. The van der Waals surface area contributed by atoms with Gasteiger partial charge in [-0.3, -0.25) is 9.48 Å². The van der Waals surface area contributed by atoms with Crippen LogP contribution in [0.15, 0.2) is 18.6 Å². The molecule has 2 heterocycles. The number of hydrogen-bond acceptors (Lipinski definition) is 5. The Morgan fingerprint density at radius 2 is 2.33 bits per heavy atom. The van der Waals surface area contributed by atoms with Crippen LogP contribution >= 0.6 is 11.3 Å².